The Labute approximate surface area is 167 Å². The van der Waals surface area contributed by atoms with Gasteiger partial charge in [0.15, 0.2) is 0 Å². The molecule has 0 unspecified atom stereocenters. The standard InChI is InChI=1S/C23H29NO2S/c1-23(2,3)26-22(25)24(4)16-18-10-8-9-17-15-20(13-14-21(17)18)27-19-11-6-5-7-12-19/h5-7,11-15,18H,8-10,16H2,1-4H3/t18-/m1/s1. The quantitative estimate of drug-likeness (QED) is 0.636. The molecule has 1 atom stereocenters. The predicted octanol–water partition coefficient (Wildman–Crippen LogP) is 6.12. The van der Waals surface area contributed by atoms with Gasteiger partial charge in [0, 0.05) is 29.3 Å². The molecule has 2 aromatic rings. The van der Waals surface area contributed by atoms with Crippen LogP contribution in [0.15, 0.2) is 58.3 Å². The van der Waals surface area contributed by atoms with Gasteiger partial charge in [-0.3, -0.25) is 0 Å². The zero-order chi connectivity index (χ0) is 19.4. The average Bonchev–Trinajstić information content (AvgIpc) is 2.61. The summed E-state index contributed by atoms with van der Waals surface area (Å²) in [4.78, 5) is 16.6. The number of carbonyl (C=O) groups excluding carboxylic acids is 1. The minimum absolute atomic E-state index is 0.245. The van der Waals surface area contributed by atoms with Crippen molar-refractivity contribution in [2.24, 2.45) is 0 Å². The van der Waals surface area contributed by atoms with Crippen molar-refractivity contribution in [3.8, 4) is 0 Å². The van der Waals surface area contributed by atoms with Gasteiger partial charge in [-0.1, -0.05) is 36.0 Å². The van der Waals surface area contributed by atoms with Gasteiger partial charge < -0.3 is 9.64 Å². The summed E-state index contributed by atoms with van der Waals surface area (Å²) in [6.07, 6.45) is 3.15. The number of hydrogen-bond donors (Lipinski definition) is 0. The van der Waals surface area contributed by atoms with E-state index in [1.807, 2.05) is 33.9 Å². The summed E-state index contributed by atoms with van der Waals surface area (Å²) in [5.41, 5.74) is 2.35. The zero-order valence-electron chi connectivity index (χ0n) is 16.7. The van der Waals surface area contributed by atoms with Crippen molar-refractivity contribution in [3.05, 3.63) is 59.7 Å². The molecule has 3 rings (SSSR count). The molecule has 0 saturated carbocycles. The molecule has 2 aromatic carbocycles. The first-order valence-corrected chi connectivity index (χ1v) is 10.4. The van der Waals surface area contributed by atoms with Crippen LogP contribution in [0.3, 0.4) is 0 Å². The van der Waals surface area contributed by atoms with Crippen molar-refractivity contribution >= 4 is 17.9 Å². The average molecular weight is 384 g/mol. The maximum atomic E-state index is 12.3. The topological polar surface area (TPSA) is 29.5 Å². The molecule has 0 fully saturated rings. The third kappa shape index (κ3) is 5.52. The molecule has 1 aliphatic rings. The Morgan fingerprint density at radius 3 is 2.59 bits per heavy atom. The number of carbonyl (C=O) groups is 1. The molecule has 4 heteroatoms. The minimum Gasteiger partial charge on any atom is -0.444 e. The first kappa shape index (κ1) is 19.8. The van der Waals surface area contributed by atoms with Crippen molar-refractivity contribution in [1.29, 1.82) is 0 Å². The number of benzene rings is 2. The second-order valence-electron chi connectivity index (χ2n) is 8.23. The van der Waals surface area contributed by atoms with Gasteiger partial charge in [0.05, 0.1) is 0 Å². The molecule has 0 N–H and O–H groups in total. The van der Waals surface area contributed by atoms with Gasteiger partial charge in [0.1, 0.15) is 5.60 Å². The molecule has 0 bridgehead atoms. The number of likely N-dealkylation sites (N-methyl/N-ethyl adjacent to an activating group) is 1. The fourth-order valence-electron chi connectivity index (χ4n) is 3.51. The SMILES string of the molecule is CN(C[C@H]1CCCc2cc(Sc3ccccc3)ccc21)C(=O)OC(C)(C)C. The van der Waals surface area contributed by atoms with E-state index in [0.29, 0.717) is 12.5 Å². The van der Waals surface area contributed by atoms with Crippen LogP contribution in [0.1, 0.15) is 50.7 Å². The molecule has 144 valence electrons. The number of hydrogen-bond acceptors (Lipinski definition) is 3. The molecule has 27 heavy (non-hydrogen) atoms. The van der Waals surface area contributed by atoms with Crippen molar-refractivity contribution in [1.82, 2.24) is 4.90 Å². The van der Waals surface area contributed by atoms with Crippen LogP contribution in [-0.4, -0.2) is 30.2 Å². The first-order chi connectivity index (χ1) is 12.8. The minimum atomic E-state index is -0.459. The van der Waals surface area contributed by atoms with Crippen molar-refractivity contribution < 1.29 is 9.53 Å². The second-order valence-corrected chi connectivity index (χ2v) is 9.37. The van der Waals surface area contributed by atoms with E-state index < -0.39 is 5.60 Å². The van der Waals surface area contributed by atoms with Crippen molar-refractivity contribution in [2.75, 3.05) is 13.6 Å². The predicted molar refractivity (Wildman–Crippen MR) is 112 cm³/mol. The smallest absolute Gasteiger partial charge is 0.410 e. The highest BCUT2D eigenvalue weighted by Crippen LogP contribution is 2.36. The normalized spacial score (nSPS) is 16.5. The summed E-state index contributed by atoms with van der Waals surface area (Å²) in [5.74, 6) is 0.377. The van der Waals surface area contributed by atoms with Crippen LogP contribution in [0.4, 0.5) is 4.79 Å². The lowest BCUT2D eigenvalue weighted by atomic mass is 9.82. The third-order valence-corrected chi connectivity index (χ3v) is 5.73. The number of nitrogens with zero attached hydrogens (tertiary/aromatic N) is 1. The molecule has 0 spiro atoms. The van der Waals surface area contributed by atoms with E-state index in [1.54, 1.807) is 16.7 Å². The molecule has 0 heterocycles. The fourth-order valence-corrected chi connectivity index (χ4v) is 4.42. The summed E-state index contributed by atoms with van der Waals surface area (Å²) in [7, 11) is 1.84. The van der Waals surface area contributed by atoms with Crippen LogP contribution in [0.5, 0.6) is 0 Å². The number of amides is 1. The molecule has 1 aliphatic carbocycles. The van der Waals surface area contributed by atoms with E-state index in [9.17, 15) is 4.79 Å². The van der Waals surface area contributed by atoms with Gasteiger partial charge >= 0.3 is 6.09 Å². The molecular weight excluding hydrogens is 354 g/mol. The first-order valence-electron chi connectivity index (χ1n) is 9.62. The molecule has 0 aliphatic heterocycles. The van der Waals surface area contributed by atoms with Crippen LogP contribution in [0.25, 0.3) is 0 Å². The van der Waals surface area contributed by atoms with E-state index in [1.165, 1.54) is 27.3 Å². The Hall–Kier alpha value is -1.94. The van der Waals surface area contributed by atoms with E-state index in [0.717, 1.165) is 12.8 Å². The summed E-state index contributed by atoms with van der Waals surface area (Å²) in [6, 6.07) is 17.3. The summed E-state index contributed by atoms with van der Waals surface area (Å²) in [5, 5.41) is 0. The number of ether oxygens (including phenoxy) is 1. The van der Waals surface area contributed by atoms with Gasteiger partial charge in [-0.05, 0) is 75.4 Å². The monoisotopic (exact) mass is 383 g/mol. The van der Waals surface area contributed by atoms with Crippen LogP contribution >= 0.6 is 11.8 Å². The lowest BCUT2D eigenvalue weighted by molar-refractivity contribution is 0.0286. The summed E-state index contributed by atoms with van der Waals surface area (Å²) >= 11 is 1.80. The lowest BCUT2D eigenvalue weighted by Gasteiger charge is -2.31. The van der Waals surface area contributed by atoms with Gasteiger partial charge in [-0.15, -0.1) is 0 Å². The van der Waals surface area contributed by atoms with Gasteiger partial charge in [-0.2, -0.15) is 0 Å². The highest BCUT2D eigenvalue weighted by atomic mass is 32.2. The maximum Gasteiger partial charge on any atom is 0.410 e. The highest BCUT2D eigenvalue weighted by molar-refractivity contribution is 7.99. The van der Waals surface area contributed by atoms with Crippen LogP contribution < -0.4 is 0 Å². The van der Waals surface area contributed by atoms with Gasteiger partial charge in [0.25, 0.3) is 0 Å². The Morgan fingerprint density at radius 2 is 1.89 bits per heavy atom. The summed E-state index contributed by atoms with van der Waals surface area (Å²) in [6.45, 7) is 6.41. The maximum absolute atomic E-state index is 12.3. The number of fused-ring (bicyclic) bond motifs is 1. The van der Waals surface area contributed by atoms with Crippen molar-refractivity contribution in [2.45, 2.75) is 61.3 Å². The number of aryl methyl sites for hydroxylation is 1. The van der Waals surface area contributed by atoms with E-state index in [-0.39, 0.29) is 6.09 Å². The molecule has 0 aromatic heterocycles. The lowest BCUT2D eigenvalue weighted by Crippen LogP contribution is -2.37. The van der Waals surface area contributed by atoms with Crippen LogP contribution in [0, 0.1) is 0 Å². The van der Waals surface area contributed by atoms with Gasteiger partial charge in [-0.25, -0.2) is 4.79 Å². The Morgan fingerprint density at radius 1 is 1.15 bits per heavy atom. The zero-order valence-corrected chi connectivity index (χ0v) is 17.5. The largest absolute Gasteiger partial charge is 0.444 e. The van der Waals surface area contributed by atoms with E-state index >= 15 is 0 Å². The highest BCUT2D eigenvalue weighted by Gasteiger charge is 2.26. The molecule has 0 radical (unpaired) electrons. The Kier molecular flexibility index (Phi) is 6.15. The second kappa shape index (κ2) is 8.39. The fraction of sp³-hybridized carbons (Fsp3) is 0.435. The molecule has 3 nitrogen and oxygen atoms in total. The summed E-state index contributed by atoms with van der Waals surface area (Å²) < 4.78 is 5.50. The third-order valence-electron chi connectivity index (χ3n) is 4.73. The number of rotatable bonds is 4. The van der Waals surface area contributed by atoms with Crippen LogP contribution in [-0.2, 0) is 11.2 Å². The Balaban J connectivity index is 1.70. The van der Waals surface area contributed by atoms with Crippen LogP contribution in [0.2, 0.25) is 0 Å². The Bertz CT molecular complexity index is 783. The molecular formula is C23H29NO2S. The molecule has 0 saturated heterocycles. The van der Waals surface area contributed by atoms with Gasteiger partial charge in [0.2, 0.25) is 0 Å². The van der Waals surface area contributed by atoms with Crippen molar-refractivity contribution in [3.63, 3.8) is 0 Å². The van der Waals surface area contributed by atoms with E-state index in [2.05, 4.69) is 42.5 Å². The van der Waals surface area contributed by atoms with E-state index in [4.69, 9.17) is 4.74 Å². The molecule has 1 amide bonds.